The predicted molar refractivity (Wildman–Crippen MR) is 54.5 cm³/mol. The van der Waals surface area contributed by atoms with Gasteiger partial charge in [0.15, 0.2) is 0 Å². The maximum atomic E-state index is 11.2. The van der Waals surface area contributed by atoms with Gasteiger partial charge in [-0.2, -0.15) is 0 Å². The first-order valence-corrected chi connectivity index (χ1v) is 4.85. The standard InChI is InChI=1S/C10H16O6/c1-4-14-10(3,15-5-2)16-9(13)7-6-8(11)12/h6-7H,4-5H2,1-3H3,(H,11,12)/b7-6+. The highest BCUT2D eigenvalue weighted by Gasteiger charge is 2.29. The molecule has 0 aromatic rings. The molecule has 0 radical (unpaired) electrons. The summed E-state index contributed by atoms with van der Waals surface area (Å²) in [6.45, 7) is 5.47. The number of esters is 1. The number of aliphatic carboxylic acids is 1. The van der Waals surface area contributed by atoms with Gasteiger partial charge in [-0.05, 0) is 13.8 Å². The molecule has 0 unspecified atom stereocenters. The Morgan fingerprint density at radius 3 is 2.06 bits per heavy atom. The van der Waals surface area contributed by atoms with Crippen molar-refractivity contribution < 1.29 is 28.9 Å². The molecule has 0 fully saturated rings. The van der Waals surface area contributed by atoms with E-state index in [9.17, 15) is 9.59 Å². The van der Waals surface area contributed by atoms with Crippen molar-refractivity contribution in [2.24, 2.45) is 0 Å². The quantitative estimate of drug-likeness (QED) is 0.399. The summed E-state index contributed by atoms with van der Waals surface area (Å²) in [4.78, 5) is 21.3. The Kier molecular flexibility index (Phi) is 6.36. The smallest absolute Gasteiger partial charge is 0.335 e. The van der Waals surface area contributed by atoms with Gasteiger partial charge in [0.25, 0.3) is 0 Å². The van der Waals surface area contributed by atoms with Gasteiger partial charge in [0.1, 0.15) is 0 Å². The number of carbonyl (C=O) groups excluding carboxylic acids is 1. The topological polar surface area (TPSA) is 82.1 Å². The maximum Gasteiger partial charge on any atom is 0.335 e. The van der Waals surface area contributed by atoms with Crippen LogP contribution in [0.5, 0.6) is 0 Å². The van der Waals surface area contributed by atoms with Gasteiger partial charge in [-0.15, -0.1) is 0 Å². The molecule has 0 spiro atoms. The van der Waals surface area contributed by atoms with Gasteiger partial charge in [0.2, 0.25) is 0 Å². The number of carbonyl (C=O) groups is 2. The van der Waals surface area contributed by atoms with E-state index in [1.54, 1.807) is 13.8 Å². The van der Waals surface area contributed by atoms with Gasteiger partial charge in [-0.3, -0.25) is 0 Å². The van der Waals surface area contributed by atoms with Crippen LogP contribution >= 0.6 is 0 Å². The van der Waals surface area contributed by atoms with E-state index in [1.165, 1.54) is 6.92 Å². The van der Waals surface area contributed by atoms with Crippen LogP contribution in [0.4, 0.5) is 0 Å². The third-order valence-corrected chi connectivity index (χ3v) is 1.46. The Labute approximate surface area is 93.8 Å². The van der Waals surface area contributed by atoms with Crippen LogP contribution in [0.2, 0.25) is 0 Å². The van der Waals surface area contributed by atoms with E-state index in [4.69, 9.17) is 19.3 Å². The molecule has 1 N–H and O–H groups in total. The third-order valence-electron chi connectivity index (χ3n) is 1.46. The first-order chi connectivity index (χ1) is 7.43. The molecule has 16 heavy (non-hydrogen) atoms. The Balaban J connectivity index is 4.39. The van der Waals surface area contributed by atoms with E-state index in [-0.39, 0.29) is 0 Å². The van der Waals surface area contributed by atoms with E-state index < -0.39 is 17.9 Å². The number of hydrogen-bond acceptors (Lipinski definition) is 5. The summed E-state index contributed by atoms with van der Waals surface area (Å²) in [5, 5.41) is 8.31. The van der Waals surface area contributed by atoms with Crippen LogP contribution in [0, 0.1) is 0 Å². The fourth-order valence-corrected chi connectivity index (χ4v) is 0.981. The molecule has 0 saturated heterocycles. The highest BCUT2D eigenvalue weighted by molar-refractivity contribution is 5.90. The second-order valence-corrected chi connectivity index (χ2v) is 2.82. The van der Waals surface area contributed by atoms with Crippen molar-refractivity contribution in [3.05, 3.63) is 12.2 Å². The summed E-state index contributed by atoms with van der Waals surface area (Å²) in [7, 11) is 0. The van der Waals surface area contributed by atoms with Gasteiger partial charge in [0, 0.05) is 19.1 Å². The van der Waals surface area contributed by atoms with E-state index in [1.807, 2.05) is 0 Å². The number of rotatable bonds is 7. The fraction of sp³-hybridized carbons (Fsp3) is 0.600. The summed E-state index contributed by atoms with van der Waals surface area (Å²) < 4.78 is 15.0. The van der Waals surface area contributed by atoms with Gasteiger partial charge in [-0.25, -0.2) is 9.59 Å². The minimum absolute atomic E-state index is 0.298. The zero-order valence-corrected chi connectivity index (χ0v) is 9.56. The first-order valence-electron chi connectivity index (χ1n) is 4.85. The SMILES string of the molecule is CCOC(C)(OCC)OC(=O)/C=C/C(=O)O. The number of carboxylic acids is 1. The number of ether oxygens (including phenoxy) is 3. The van der Waals surface area contributed by atoms with E-state index >= 15 is 0 Å². The van der Waals surface area contributed by atoms with E-state index in [2.05, 4.69) is 0 Å². The molecule has 0 saturated carbocycles. The summed E-state index contributed by atoms with van der Waals surface area (Å²) >= 11 is 0. The Bertz CT molecular complexity index is 264. The largest absolute Gasteiger partial charge is 0.478 e. The summed E-state index contributed by atoms with van der Waals surface area (Å²) in [5.41, 5.74) is 0. The molecule has 0 aliphatic heterocycles. The molecule has 0 amide bonds. The van der Waals surface area contributed by atoms with Gasteiger partial charge < -0.3 is 19.3 Å². The Morgan fingerprint density at radius 2 is 1.69 bits per heavy atom. The molecule has 0 atom stereocenters. The average molecular weight is 232 g/mol. The Morgan fingerprint density at radius 1 is 1.19 bits per heavy atom. The third kappa shape index (κ3) is 6.15. The monoisotopic (exact) mass is 232 g/mol. The highest BCUT2D eigenvalue weighted by atomic mass is 16.9. The van der Waals surface area contributed by atoms with Crippen molar-refractivity contribution in [1.82, 2.24) is 0 Å². The molecule has 0 aliphatic rings. The summed E-state index contributed by atoms with van der Waals surface area (Å²) in [5.74, 6) is -3.55. The lowest BCUT2D eigenvalue weighted by molar-refractivity contribution is -0.347. The average Bonchev–Trinajstić information content (AvgIpc) is 2.15. The molecule has 0 heterocycles. The zero-order valence-electron chi connectivity index (χ0n) is 9.56. The van der Waals surface area contributed by atoms with Gasteiger partial charge >= 0.3 is 17.9 Å². The molecule has 92 valence electrons. The first kappa shape index (κ1) is 14.6. The maximum absolute atomic E-state index is 11.2. The molecular weight excluding hydrogens is 216 g/mol. The summed E-state index contributed by atoms with van der Waals surface area (Å²) in [6, 6.07) is 0. The van der Waals surface area contributed by atoms with E-state index in [0.717, 1.165) is 6.08 Å². The Hall–Kier alpha value is -1.40. The summed E-state index contributed by atoms with van der Waals surface area (Å²) in [6.07, 6.45) is 1.47. The van der Waals surface area contributed by atoms with Gasteiger partial charge in [0.05, 0.1) is 13.2 Å². The molecule has 0 bridgehead atoms. The molecule has 0 aliphatic carbocycles. The highest BCUT2D eigenvalue weighted by Crippen LogP contribution is 2.14. The number of carboxylic acid groups (broad SMARTS) is 1. The van der Waals surface area contributed by atoms with Crippen LogP contribution in [-0.4, -0.2) is 36.2 Å². The molecule has 0 aromatic heterocycles. The minimum atomic E-state index is -1.48. The normalized spacial score (nSPS) is 11.7. The lowest BCUT2D eigenvalue weighted by Gasteiger charge is -2.27. The van der Waals surface area contributed by atoms with Crippen LogP contribution < -0.4 is 0 Å². The number of hydrogen-bond donors (Lipinski definition) is 1. The molecule has 6 nitrogen and oxygen atoms in total. The van der Waals surface area contributed by atoms with Crippen LogP contribution in [-0.2, 0) is 23.8 Å². The fourth-order valence-electron chi connectivity index (χ4n) is 0.981. The molecule has 0 rings (SSSR count). The van der Waals surface area contributed by atoms with Crippen LogP contribution in [0.25, 0.3) is 0 Å². The van der Waals surface area contributed by atoms with Crippen molar-refractivity contribution in [1.29, 1.82) is 0 Å². The van der Waals surface area contributed by atoms with Crippen molar-refractivity contribution in [3.63, 3.8) is 0 Å². The molecule has 0 aromatic carbocycles. The van der Waals surface area contributed by atoms with Crippen LogP contribution in [0.15, 0.2) is 12.2 Å². The second kappa shape index (κ2) is 6.97. The van der Waals surface area contributed by atoms with Crippen molar-refractivity contribution in [3.8, 4) is 0 Å². The van der Waals surface area contributed by atoms with Crippen LogP contribution in [0.1, 0.15) is 20.8 Å². The lowest BCUT2D eigenvalue weighted by Crippen LogP contribution is -2.37. The molecular formula is C10H16O6. The van der Waals surface area contributed by atoms with Crippen LogP contribution in [0.3, 0.4) is 0 Å². The predicted octanol–water partition coefficient (Wildman–Crippen LogP) is 0.917. The lowest BCUT2D eigenvalue weighted by atomic mass is 10.5. The van der Waals surface area contributed by atoms with Crippen molar-refractivity contribution >= 4 is 11.9 Å². The van der Waals surface area contributed by atoms with Gasteiger partial charge in [-0.1, -0.05) is 0 Å². The molecule has 6 heteroatoms. The van der Waals surface area contributed by atoms with E-state index in [0.29, 0.717) is 19.3 Å². The second-order valence-electron chi connectivity index (χ2n) is 2.82. The van der Waals surface area contributed by atoms with Crippen molar-refractivity contribution in [2.45, 2.75) is 26.7 Å². The zero-order chi connectivity index (χ0) is 12.6. The van der Waals surface area contributed by atoms with Crippen molar-refractivity contribution in [2.75, 3.05) is 13.2 Å². The minimum Gasteiger partial charge on any atom is -0.478 e.